The summed E-state index contributed by atoms with van der Waals surface area (Å²) in [5.74, 6) is 0.758. The molecule has 1 heterocycles. The quantitative estimate of drug-likeness (QED) is 0.392. The normalized spacial score (nSPS) is 10.7. The van der Waals surface area contributed by atoms with E-state index in [1.54, 1.807) is 16.8 Å². The highest BCUT2D eigenvalue weighted by molar-refractivity contribution is 5.90. The number of hydrogen-bond donors (Lipinski definition) is 1. The minimum Gasteiger partial charge on any atom is -0.439 e. The van der Waals surface area contributed by atoms with Crippen LogP contribution in [-0.2, 0) is 11.2 Å². The molecule has 1 aromatic heterocycles. The van der Waals surface area contributed by atoms with Gasteiger partial charge >= 0.3 is 0 Å². The predicted octanol–water partition coefficient (Wildman–Crippen LogP) is 5.99. The molecule has 32 heavy (non-hydrogen) atoms. The average Bonchev–Trinajstić information content (AvgIpc) is 3.10. The molecule has 0 atom stereocenters. The summed E-state index contributed by atoms with van der Waals surface area (Å²) in [4.78, 5) is 12.5. The van der Waals surface area contributed by atoms with Crippen molar-refractivity contribution in [3.8, 4) is 17.3 Å². The van der Waals surface area contributed by atoms with Crippen molar-refractivity contribution < 1.29 is 13.9 Å². The molecular formula is C26H24FN3O2. The van der Waals surface area contributed by atoms with Crippen LogP contribution >= 0.6 is 0 Å². The zero-order chi connectivity index (χ0) is 22.5. The van der Waals surface area contributed by atoms with Crippen molar-refractivity contribution in [1.82, 2.24) is 9.78 Å². The third kappa shape index (κ3) is 5.03. The van der Waals surface area contributed by atoms with Gasteiger partial charge in [0.25, 0.3) is 0 Å². The third-order valence-electron chi connectivity index (χ3n) is 5.10. The largest absolute Gasteiger partial charge is 0.439 e. The van der Waals surface area contributed by atoms with Crippen molar-refractivity contribution in [1.29, 1.82) is 0 Å². The first-order valence-electron chi connectivity index (χ1n) is 10.4. The lowest BCUT2D eigenvalue weighted by Crippen LogP contribution is -2.12. The van der Waals surface area contributed by atoms with E-state index in [-0.39, 0.29) is 18.1 Å². The van der Waals surface area contributed by atoms with E-state index in [9.17, 15) is 9.18 Å². The predicted molar refractivity (Wildman–Crippen MR) is 123 cm³/mol. The Morgan fingerprint density at radius 2 is 1.66 bits per heavy atom. The van der Waals surface area contributed by atoms with Crippen molar-refractivity contribution in [3.05, 3.63) is 102 Å². The molecule has 6 heteroatoms. The summed E-state index contributed by atoms with van der Waals surface area (Å²) in [7, 11) is 0. The van der Waals surface area contributed by atoms with Gasteiger partial charge in [-0.05, 0) is 68.8 Å². The van der Waals surface area contributed by atoms with Crippen LogP contribution in [0.25, 0.3) is 5.69 Å². The lowest BCUT2D eigenvalue weighted by molar-refractivity contribution is -0.116. The number of benzene rings is 3. The minimum atomic E-state index is -0.323. The van der Waals surface area contributed by atoms with Crippen LogP contribution in [0.2, 0.25) is 0 Å². The SMILES string of the molecule is Cc1ccc(NC(=O)CCc2c(C)nn(-c3ccc(F)cc3)c2Oc2ccccc2)cc1. The molecule has 1 N–H and O–H groups in total. The Balaban J connectivity index is 1.59. The van der Waals surface area contributed by atoms with E-state index in [1.807, 2.05) is 68.4 Å². The highest BCUT2D eigenvalue weighted by Gasteiger charge is 2.20. The van der Waals surface area contributed by atoms with Crippen LogP contribution in [-0.4, -0.2) is 15.7 Å². The van der Waals surface area contributed by atoms with Gasteiger partial charge < -0.3 is 10.1 Å². The lowest BCUT2D eigenvalue weighted by Gasteiger charge is -2.12. The number of aromatic nitrogens is 2. The Kier molecular flexibility index (Phi) is 6.31. The van der Waals surface area contributed by atoms with Crippen LogP contribution in [0.3, 0.4) is 0 Å². The van der Waals surface area contributed by atoms with Gasteiger partial charge in [-0.25, -0.2) is 9.07 Å². The van der Waals surface area contributed by atoms with Crippen LogP contribution in [0.5, 0.6) is 11.6 Å². The molecule has 162 valence electrons. The molecule has 0 radical (unpaired) electrons. The maximum absolute atomic E-state index is 13.4. The first-order valence-corrected chi connectivity index (χ1v) is 10.4. The van der Waals surface area contributed by atoms with Crippen LogP contribution in [0, 0.1) is 19.7 Å². The Hall–Kier alpha value is -3.93. The number of rotatable bonds is 7. The lowest BCUT2D eigenvalue weighted by atomic mass is 10.1. The highest BCUT2D eigenvalue weighted by Crippen LogP contribution is 2.31. The minimum absolute atomic E-state index is 0.0894. The number of hydrogen-bond acceptors (Lipinski definition) is 3. The van der Waals surface area contributed by atoms with Crippen molar-refractivity contribution in [3.63, 3.8) is 0 Å². The molecule has 0 fully saturated rings. The van der Waals surface area contributed by atoms with Gasteiger partial charge in [0.2, 0.25) is 11.8 Å². The molecule has 0 bridgehead atoms. The Morgan fingerprint density at radius 3 is 2.34 bits per heavy atom. The molecule has 0 aliphatic heterocycles. The summed E-state index contributed by atoms with van der Waals surface area (Å²) in [6.45, 7) is 3.88. The van der Waals surface area contributed by atoms with E-state index in [0.29, 0.717) is 23.7 Å². The highest BCUT2D eigenvalue weighted by atomic mass is 19.1. The molecule has 0 saturated heterocycles. The Labute approximate surface area is 186 Å². The number of halogens is 1. The van der Waals surface area contributed by atoms with Gasteiger partial charge in [0.1, 0.15) is 11.6 Å². The molecule has 0 saturated carbocycles. The summed E-state index contributed by atoms with van der Waals surface area (Å²) in [6.07, 6.45) is 0.724. The van der Waals surface area contributed by atoms with E-state index >= 15 is 0 Å². The van der Waals surface area contributed by atoms with Crippen molar-refractivity contribution in [2.45, 2.75) is 26.7 Å². The molecule has 0 aliphatic carbocycles. The standard InChI is InChI=1S/C26H24FN3O2/c1-18-8-12-21(13-9-18)28-25(31)17-16-24-19(2)29-30(22-14-10-20(27)11-15-22)26(24)32-23-6-4-3-5-7-23/h3-15H,16-17H2,1-2H3,(H,28,31). The van der Waals surface area contributed by atoms with Gasteiger partial charge in [0.15, 0.2) is 0 Å². The van der Waals surface area contributed by atoms with E-state index in [1.165, 1.54) is 12.1 Å². The summed E-state index contributed by atoms with van der Waals surface area (Å²) in [5, 5.41) is 7.54. The number of anilines is 1. The number of ether oxygens (including phenoxy) is 1. The maximum Gasteiger partial charge on any atom is 0.226 e. The van der Waals surface area contributed by atoms with Gasteiger partial charge in [-0.1, -0.05) is 35.9 Å². The van der Waals surface area contributed by atoms with Gasteiger partial charge in [0.05, 0.1) is 11.4 Å². The molecule has 0 spiro atoms. The van der Waals surface area contributed by atoms with Gasteiger partial charge in [-0.2, -0.15) is 5.10 Å². The zero-order valence-electron chi connectivity index (χ0n) is 18.0. The number of para-hydroxylation sites is 1. The van der Waals surface area contributed by atoms with Crippen LogP contribution in [0.15, 0.2) is 78.9 Å². The monoisotopic (exact) mass is 429 g/mol. The number of aryl methyl sites for hydroxylation is 2. The smallest absolute Gasteiger partial charge is 0.226 e. The summed E-state index contributed by atoms with van der Waals surface area (Å²) >= 11 is 0. The van der Waals surface area contributed by atoms with Gasteiger partial charge in [-0.15, -0.1) is 0 Å². The second kappa shape index (κ2) is 9.47. The van der Waals surface area contributed by atoms with Gasteiger partial charge in [-0.3, -0.25) is 4.79 Å². The molecule has 5 nitrogen and oxygen atoms in total. The molecule has 4 rings (SSSR count). The Morgan fingerprint density at radius 1 is 0.969 bits per heavy atom. The topological polar surface area (TPSA) is 56.2 Å². The van der Waals surface area contributed by atoms with E-state index in [4.69, 9.17) is 4.74 Å². The number of carbonyl (C=O) groups excluding carboxylic acids is 1. The van der Waals surface area contributed by atoms with E-state index in [2.05, 4.69) is 10.4 Å². The zero-order valence-corrected chi connectivity index (χ0v) is 18.0. The van der Waals surface area contributed by atoms with Crippen molar-refractivity contribution >= 4 is 11.6 Å². The second-order valence-electron chi connectivity index (χ2n) is 7.59. The fourth-order valence-corrected chi connectivity index (χ4v) is 3.39. The molecular weight excluding hydrogens is 405 g/mol. The molecule has 3 aromatic carbocycles. The average molecular weight is 429 g/mol. The molecule has 1 amide bonds. The van der Waals surface area contributed by atoms with Crippen molar-refractivity contribution in [2.75, 3.05) is 5.32 Å². The Bertz CT molecular complexity index is 1200. The number of nitrogens with one attached hydrogen (secondary N) is 1. The number of carbonyl (C=O) groups is 1. The van der Waals surface area contributed by atoms with E-state index < -0.39 is 0 Å². The molecule has 0 unspecified atom stereocenters. The molecule has 4 aromatic rings. The van der Waals surface area contributed by atoms with E-state index in [0.717, 1.165) is 22.5 Å². The van der Waals surface area contributed by atoms with Crippen LogP contribution in [0.1, 0.15) is 23.2 Å². The fourth-order valence-electron chi connectivity index (χ4n) is 3.39. The second-order valence-corrected chi connectivity index (χ2v) is 7.59. The van der Waals surface area contributed by atoms with Gasteiger partial charge in [0, 0.05) is 17.7 Å². The van der Waals surface area contributed by atoms with Crippen molar-refractivity contribution in [2.24, 2.45) is 0 Å². The third-order valence-corrected chi connectivity index (χ3v) is 5.10. The fraction of sp³-hybridized carbons (Fsp3) is 0.154. The summed E-state index contributed by atoms with van der Waals surface area (Å²) in [5.41, 5.74) is 4.16. The van der Waals surface area contributed by atoms with Crippen LogP contribution in [0.4, 0.5) is 10.1 Å². The first-order chi connectivity index (χ1) is 15.5. The number of amides is 1. The summed E-state index contributed by atoms with van der Waals surface area (Å²) < 4.78 is 21.3. The van der Waals surface area contributed by atoms with Crippen LogP contribution < -0.4 is 10.1 Å². The molecule has 0 aliphatic rings. The number of nitrogens with zero attached hydrogens (tertiary/aromatic N) is 2. The summed E-state index contributed by atoms with van der Waals surface area (Å²) in [6, 6.07) is 23.1. The first kappa shape index (κ1) is 21.3. The maximum atomic E-state index is 13.4.